The van der Waals surface area contributed by atoms with Gasteiger partial charge >= 0.3 is 5.97 Å². The quantitative estimate of drug-likeness (QED) is 0.749. The molecule has 0 aromatic heterocycles. The number of hydrogen-bond donors (Lipinski definition) is 2. The maximum Gasteiger partial charge on any atom is 0.321 e. The number of carboxylic acids is 1. The SMILES string of the molecule is COc1cc(CSC[C@H](N)C(=O)O)cc(OC)c1OC. The predicted octanol–water partition coefficient (Wildman–Crippen LogP) is 1.36. The first kappa shape index (κ1) is 16.5. The van der Waals surface area contributed by atoms with Crippen molar-refractivity contribution in [2.24, 2.45) is 5.73 Å². The van der Waals surface area contributed by atoms with E-state index >= 15 is 0 Å². The van der Waals surface area contributed by atoms with Gasteiger partial charge in [0, 0.05) is 11.5 Å². The van der Waals surface area contributed by atoms with Crippen molar-refractivity contribution < 1.29 is 24.1 Å². The third kappa shape index (κ3) is 4.21. The standard InChI is InChI=1S/C13H19NO5S/c1-17-10-4-8(5-11(18-2)12(10)19-3)6-20-7-9(14)13(15)16/h4-5,9H,6-7,14H2,1-3H3,(H,15,16)/t9-/m0/s1. The first-order chi connectivity index (χ1) is 9.53. The van der Waals surface area contributed by atoms with E-state index in [1.165, 1.54) is 11.8 Å². The summed E-state index contributed by atoms with van der Waals surface area (Å²) in [5.41, 5.74) is 6.40. The highest BCUT2D eigenvalue weighted by atomic mass is 32.2. The van der Waals surface area contributed by atoms with E-state index in [9.17, 15) is 4.79 Å². The molecule has 1 aromatic carbocycles. The van der Waals surface area contributed by atoms with Crippen molar-refractivity contribution in [3.8, 4) is 17.2 Å². The molecule has 6 nitrogen and oxygen atoms in total. The summed E-state index contributed by atoms with van der Waals surface area (Å²) in [6.07, 6.45) is 0. The third-order valence-corrected chi connectivity index (χ3v) is 3.74. The Balaban J connectivity index is 2.78. The van der Waals surface area contributed by atoms with E-state index in [-0.39, 0.29) is 0 Å². The van der Waals surface area contributed by atoms with Gasteiger partial charge in [-0.1, -0.05) is 0 Å². The Bertz CT molecular complexity index is 441. The number of thioether (sulfide) groups is 1. The van der Waals surface area contributed by atoms with Crippen LogP contribution in [0.5, 0.6) is 17.2 Å². The fraction of sp³-hybridized carbons (Fsp3) is 0.462. The normalized spacial score (nSPS) is 11.8. The number of hydrogen-bond acceptors (Lipinski definition) is 6. The zero-order chi connectivity index (χ0) is 15.1. The number of benzene rings is 1. The zero-order valence-electron chi connectivity index (χ0n) is 11.7. The highest BCUT2D eigenvalue weighted by Crippen LogP contribution is 2.38. The molecule has 0 fully saturated rings. The van der Waals surface area contributed by atoms with Gasteiger partial charge in [-0.2, -0.15) is 11.8 Å². The first-order valence-corrected chi connectivity index (χ1v) is 7.04. The number of nitrogens with two attached hydrogens (primary N) is 1. The molecule has 0 unspecified atom stereocenters. The van der Waals surface area contributed by atoms with Crippen molar-refractivity contribution in [1.82, 2.24) is 0 Å². The second kappa shape index (κ2) is 7.86. The number of carbonyl (C=O) groups is 1. The van der Waals surface area contributed by atoms with Crippen LogP contribution in [0.15, 0.2) is 12.1 Å². The van der Waals surface area contributed by atoms with Crippen LogP contribution in [0.25, 0.3) is 0 Å². The lowest BCUT2D eigenvalue weighted by Crippen LogP contribution is -2.32. The summed E-state index contributed by atoms with van der Waals surface area (Å²) in [6, 6.07) is 2.81. The van der Waals surface area contributed by atoms with Crippen molar-refractivity contribution in [1.29, 1.82) is 0 Å². The van der Waals surface area contributed by atoms with Gasteiger partial charge in [0.25, 0.3) is 0 Å². The highest BCUT2D eigenvalue weighted by Gasteiger charge is 2.14. The van der Waals surface area contributed by atoms with E-state index in [1.807, 2.05) is 12.1 Å². The molecule has 7 heteroatoms. The largest absolute Gasteiger partial charge is 0.493 e. The second-order valence-corrected chi connectivity index (χ2v) is 5.02. The van der Waals surface area contributed by atoms with Crippen LogP contribution in [0.4, 0.5) is 0 Å². The van der Waals surface area contributed by atoms with E-state index in [4.69, 9.17) is 25.1 Å². The monoisotopic (exact) mass is 301 g/mol. The maximum atomic E-state index is 10.6. The van der Waals surface area contributed by atoms with Gasteiger partial charge in [0.15, 0.2) is 11.5 Å². The lowest BCUT2D eigenvalue weighted by Gasteiger charge is -2.14. The average Bonchev–Trinajstić information content (AvgIpc) is 2.45. The van der Waals surface area contributed by atoms with E-state index in [2.05, 4.69) is 0 Å². The first-order valence-electron chi connectivity index (χ1n) is 5.88. The molecule has 1 atom stereocenters. The van der Waals surface area contributed by atoms with Gasteiger partial charge in [-0.3, -0.25) is 4.79 Å². The van der Waals surface area contributed by atoms with Gasteiger partial charge in [-0.15, -0.1) is 0 Å². The molecular formula is C13H19NO5S. The van der Waals surface area contributed by atoms with Crippen LogP contribution in [0.1, 0.15) is 5.56 Å². The van der Waals surface area contributed by atoms with Gasteiger partial charge in [0.2, 0.25) is 5.75 Å². The van der Waals surface area contributed by atoms with E-state index in [0.29, 0.717) is 28.8 Å². The summed E-state index contributed by atoms with van der Waals surface area (Å²) in [7, 11) is 4.64. The lowest BCUT2D eigenvalue weighted by molar-refractivity contribution is -0.137. The molecule has 0 spiro atoms. The molecule has 1 rings (SSSR count). The Kier molecular flexibility index (Phi) is 6.47. The Hall–Kier alpha value is -1.60. The molecule has 0 heterocycles. The molecule has 112 valence electrons. The minimum absolute atomic E-state index is 0.339. The van der Waals surface area contributed by atoms with Crippen LogP contribution in [-0.2, 0) is 10.5 Å². The maximum absolute atomic E-state index is 10.6. The van der Waals surface area contributed by atoms with E-state index in [0.717, 1.165) is 5.56 Å². The molecule has 0 aliphatic carbocycles. The predicted molar refractivity (Wildman–Crippen MR) is 77.9 cm³/mol. The summed E-state index contributed by atoms with van der Waals surface area (Å²) in [5.74, 6) is 1.63. The summed E-state index contributed by atoms with van der Waals surface area (Å²) < 4.78 is 15.7. The number of ether oxygens (including phenoxy) is 3. The molecule has 20 heavy (non-hydrogen) atoms. The van der Waals surface area contributed by atoms with Crippen LogP contribution in [0.2, 0.25) is 0 Å². The Morgan fingerprint density at radius 3 is 2.20 bits per heavy atom. The molecule has 0 saturated heterocycles. The van der Waals surface area contributed by atoms with Crippen molar-refractivity contribution in [2.75, 3.05) is 27.1 Å². The number of rotatable bonds is 8. The van der Waals surface area contributed by atoms with E-state index < -0.39 is 12.0 Å². The summed E-state index contributed by atoms with van der Waals surface area (Å²) in [4.78, 5) is 10.6. The lowest BCUT2D eigenvalue weighted by atomic mass is 10.2. The van der Waals surface area contributed by atoms with Crippen LogP contribution in [-0.4, -0.2) is 44.2 Å². The van der Waals surface area contributed by atoms with Crippen molar-refractivity contribution in [3.05, 3.63) is 17.7 Å². The summed E-state index contributed by atoms with van der Waals surface area (Å²) in [6.45, 7) is 0. The number of carboxylic acid groups (broad SMARTS) is 1. The van der Waals surface area contributed by atoms with Crippen molar-refractivity contribution in [2.45, 2.75) is 11.8 Å². The zero-order valence-corrected chi connectivity index (χ0v) is 12.5. The van der Waals surface area contributed by atoms with Gasteiger partial charge < -0.3 is 25.1 Å². The summed E-state index contributed by atoms with van der Waals surface area (Å²) >= 11 is 1.44. The van der Waals surface area contributed by atoms with Gasteiger partial charge in [0.1, 0.15) is 6.04 Å². The van der Waals surface area contributed by atoms with Crippen molar-refractivity contribution >= 4 is 17.7 Å². The molecule has 0 aliphatic heterocycles. The van der Waals surface area contributed by atoms with Crippen molar-refractivity contribution in [3.63, 3.8) is 0 Å². The molecular weight excluding hydrogens is 282 g/mol. The van der Waals surface area contributed by atoms with Gasteiger partial charge in [0.05, 0.1) is 21.3 Å². The fourth-order valence-electron chi connectivity index (χ4n) is 1.59. The molecule has 0 saturated carbocycles. The minimum Gasteiger partial charge on any atom is -0.493 e. The Morgan fingerprint density at radius 2 is 1.80 bits per heavy atom. The second-order valence-electron chi connectivity index (χ2n) is 3.99. The Morgan fingerprint density at radius 1 is 1.25 bits per heavy atom. The Labute approximate surface area is 122 Å². The number of methoxy groups -OCH3 is 3. The smallest absolute Gasteiger partial charge is 0.321 e. The highest BCUT2D eigenvalue weighted by molar-refractivity contribution is 7.98. The number of aliphatic carboxylic acids is 1. The fourth-order valence-corrected chi connectivity index (χ4v) is 2.51. The van der Waals surface area contributed by atoms with Crippen LogP contribution in [0, 0.1) is 0 Å². The minimum atomic E-state index is -0.998. The average molecular weight is 301 g/mol. The molecule has 0 aliphatic rings. The molecule has 3 N–H and O–H groups in total. The molecule has 0 bridgehead atoms. The van der Waals surface area contributed by atoms with Crippen LogP contribution < -0.4 is 19.9 Å². The van der Waals surface area contributed by atoms with Gasteiger partial charge in [-0.25, -0.2) is 0 Å². The summed E-state index contributed by atoms with van der Waals surface area (Å²) in [5, 5.41) is 8.72. The van der Waals surface area contributed by atoms with E-state index in [1.54, 1.807) is 21.3 Å². The topological polar surface area (TPSA) is 91.0 Å². The molecule has 1 aromatic rings. The molecule has 0 amide bonds. The van der Waals surface area contributed by atoms with Crippen LogP contribution >= 0.6 is 11.8 Å². The van der Waals surface area contributed by atoms with Gasteiger partial charge in [-0.05, 0) is 17.7 Å². The third-order valence-electron chi connectivity index (χ3n) is 2.61. The molecule has 0 radical (unpaired) electrons. The van der Waals surface area contributed by atoms with Crippen LogP contribution in [0.3, 0.4) is 0 Å².